The molecule has 1 N–H and O–H groups in total. The molecule has 0 aromatic rings. The van der Waals surface area contributed by atoms with Gasteiger partial charge in [-0.15, -0.1) is 6.58 Å². The molecular formula is C18H31NO5. The molecule has 0 fully saturated rings. The zero-order valence-corrected chi connectivity index (χ0v) is 15.3. The Morgan fingerprint density at radius 1 is 1.21 bits per heavy atom. The quantitative estimate of drug-likeness (QED) is 0.270. The van der Waals surface area contributed by atoms with Crippen molar-refractivity contribution in [2.24, 2.45) is 5.92 Å². The maximum absolute atomic E-state index is 12.1. The first-order chi connectivity index (χ1) is 11.2. The number of aldehydes is 1. The molecule has 0 saturated carbocycles. The molecule has 0 saturated heterocycles. The highest BCUT2D eigenvalue weighted by atomic mass is 16.6. The van der Waals surface area contributed by atoms with Gasteiger partial charge < -0.3 is 19.6 Å². The van der Waals surface area contributed by atoms with Crippen LogP contribution in [0.5, 0.6) is 0 Å². The number of allylic oxidation sites excluding steroid dienone is 1. The minimum atomic E-state index is -1.03. The van der Waals surface area contributed by atoms with Crippen LogP contribution in [0.2, 0.25) is 0 Å². The van der Waals surface area contributed by atoms with Gasteiger partial charge in [-0.3, -0.25) is 0 Å². The maximum atomic E-state index is 12.1. The zero-order chi connectivity index (χ0) is 18.6. The second-order valence-electron chi connectivity index (χ2n) is 6.60. The van der Waals surface area contributed by atoms with Crippen molar-refractivity contribution >= 4 is 18.3 Å². The first kappa shape index (κ1) is 22.1. The number of hydrogen-bond acceptors (Lipinski definition) is 5. The minimum absolute atomic E-state index is 0.177. The molecule has 0 aliphatic heterocycles. The van der Waals surface area contributed by atoms with Gasteiger partial charge in [0.05, 0.1) is 6.61 Å². The van der Waals surface area contributed by atoms with Crippen LogP contribution in [-0.4, -0.2) is 36.6 Å². The Morgan fingerprint density at radius 2 is 1.88 bits per heavy atom. The van der Waals surface area contributed by atoms with Crippen molar-refractivity contribution in [3.05, 3.63) is 12.7 Å². The molecule has 0 radical (unpaired) electrons. The second kappa shape index (κ2) is 11.6. The summed E-state index contributed by atoms with van der Waals surface area (Å²) in [6, 6.07) is -1.03. The minimum Gasteiger partial charge on any atom is -0.464 e. The van der Waals surface area contributed by atoms with Gasteiger partial charge in [-0.2, -0.15) is 0 Å². The Morgan fingerprint density at radius 3 is 2.38 bits per heavy atom. The van der Waals surface area contributed by atoms with E-state index in [1.807, 2.05) is 6.08 Å². The molecule has 0 rings (SSSR count). The van der Waals surface area contributed by atoms with E-state index in [4.69, 9.17) is 9.47 Å². The van der Waals surface area contributed by atoms with Gasteiger partial charge >= 0.3 is 12.1 Å². The third-order valence-corrected chi connectivity index (χ3v) is 3.26. The molecule has 1 amide bonds. The van der Waals surface area contributed by atoms with Crippen molar-refractivity contribution < 1.29 is 23.9 Å². The van der Waals surface area contributed by atoms with Crippen molar-refractivity contribution in [1.29, 1.82) is 0 Å². The Labute approximate surface area is 145 Å². The highest BCUT2D eigenvalue weighted by Crippen LogP contribution is 2.16. The highest BCUT2D eigenvalue weighted by molar-refractivity contribution is 5.84. The average molecular weight is 341 g/mol. The lowest BCUT2D eigenvalue weighted by molar-refractivity contribution is -0.148. The van der Waals surface area contributed by atoms with Gasteiger partial charge in [0.15, 0.2) is 0 Å². The summed E-state index contributed by atoms with van der Waals surface area (Å²) >= 11 is 0. The van der Waals surface area contributed by atoms with Crippen LogP contribution >= 0.6 is 0 Å². The first-order valence-corrected chi connectivity index (χ1v) is 8.47. The standard InChI is InChI=1S/C18H31NO5/c1-6-8-9-10-11-12-14(13-20)15(16(21)23-7-2)19-17(22)24-18(3,4)5/h6,13-15H,1,7-12H2,2-5H3,(H,19,22)/t14-,15-/m0/s1. The molecule has 24 heavy (non-hydrogen) atoms. The fraction of sp³-hybridized carbons (Fsp3) is 0.722. The van der Waals surface area contributed by atoms with E-state index in [0.29, 0.717) is 12.7 Å². The van der Waals surface area contributed by atoms with Gasteiger partial charge in [0.2, 0.25) is 0 Å². The Hall–Kier alpha value is -1.85. The first-order valence-electron chi connectivity index (χ1n) is 8.47. The number of unbranched alkanes of at least 4 members (excludes halogenated alkanes) is 3. The number of esters is 1. The van der Waals surface area contributed by atoms with Gasteiger partial charge in [0.1, 0.15) is 17.9 Å². The fourth-order valence-electron chi connectivity index (χ4n) is 2.17. The summed E-state index contributed by atoms with van der Waals surface area (Å²) in [7, 11) is 0. The van der Waals surface area contributed by atoms with Crippen molar-refractivity contribution in [3.63, 3.8) is 0 Å². The summed E-state index contributed by atoms with van der Waals surface area (Å²) in [6.07, 6.45) is 5.93. The van der Waals surface area contributed by atoms with E-state index in [-0.39, 0.29) is 6.61 Å². The van der Waals surface area contributed by atoms with Crippen LogP contribution in [0.25, 0.3) is 0 Å². The van der Waals surface area contributed by atoms with Crippen LogP contribution in [-0.2, 0) is 19.1 Å². The van der Waals surface area contributed by atoms with Gasteiger partial charge in [-0.25, -0.2) is 9.59 Å². The van der Waals surface area contributed by atoms with E-state index >= 15 is 0 Å². The third kappa shape index (κ3) is 10.0. The van der Waals surface area contributed by atoms with Crippen molar-refractivity contribution in [2.75, 3.05) is 6.61 Å². The monoisotopic (exact) mass is 341 g/mol. The van der Waals surface area contributed by atoms with Gasteiger partial charge in [0, 0.05) is 5.92 Å². The number of alkyl carbamates (subject to hydrolysis) is 1. The second-order valence-corrected chi connectivity index (χ2v) is 6.60. The molecular weight excluding hydrogens is 310 g/mol. The average Bonchev–Trinajstić information content (AvgIpc) is 2.47. The number of carbonyl (C=O) groups excluding carboxylic acids is 3. The van der Waals surface area contributed by atoms with E-state index in [9.17, 15) is 14.4 Å². The van der Waals surface area contributed by atoms with Crippen LogP contribution in [0, 0.1) is 5.92 Å². The molecule has 0 aliphatic rings. The van der Waals surface area contributed by atoms with Crippen LogP contribution in [0.15, 0.2) is 12.7 Å². The number of carbonyl (C=O) groups is 3. The molecule has 6 nitrogen and oxygen atoms in total. The topological polar surface area (TPSA) is 81.7 Å². The molecule has 138 valence electrons. The summed E-state index contributed by atoms with van der Waals surface area (Å²) in [5.41, 5.74) is -0.690. The molecule has 0 aromatic carbocycles. The van der Waals surface area contributed by atoms with Gasteiger partial charge in [0.25, 0.3) is 0 Å². The van der Waals surface area contributed by atoms with E-state index in [1.54, 1.807) is 27.7 Å². The Kier molecular flexibility index (Phi) is 10.8. The van der Waals surface area contributed by atoms with Gasteiger partial charge in [-0.05, 0) is 47.0 Å². The van der Waals surface area contributed by atoms with Crippen molar-refractivity contribution in [1.82, 2.24) is 5.32 Å². The predicted molar refractivity (Wildman–Crippen MR) is 92.6 cm³/mol. The van der Waals surface area contributed by atoms with Crippen LogP contribution in [0.3, 0.4) is 0 Å². The zero-order valence-electron chi connectivity index (χ0n) is 15.3. The summed E-state index contributed by atoms with van der Waals surface area (Å²) in [5, 5.41) is 2.48. The van der Waals surface area contributed by atoms with Crippen LogP contribution < -0.4 is 5.32 Å². The third-order valence-electron chi connectivity index (χ3n) is 3.26. The van der Waals surface area contributed by atoms with E-state index in [0.717, 1.165) is 25.7 Å². The predicted octanol–water partition coefficient (Wildman–Crippen LogP) is 3.39. The fourth-order valence-corrected chi connectivity index (χ4v) is 2.17. The van der Waals surface area contributed by atoms with Crippen molar-refractivity contribution in [2.45, 2.75) is 71.4 Å². The highest BCUT2D eigenvalue weighted by Gasteiger charge is 2.32. The molecule has 6 heteroatoms. The number of rotatable bonds is 11. The number of nitrogens with one attached hydrogen (secondary N) is 1. The summed E-state index contributed by atoms with van der Waals surface area (Å²) in [4.78, 5) is 35.5. The van der Waals surface area contributed by atoms with Crippen LogP contribution in [0.1, 0.15) is 59.8 Å². The molecule has 0 aliphatic carbocycles. The van der Waals surface area contributed by atoms with Crippen molar-refractivity contribution in [3.8, 4) is 0 Å². The summed E-state index contributed by atoms with van der Waals surface area (Å²) in [5.74, 6) is -1.26. The Balaban J connectivity index is 4.81. The molecule has 0 heterocycles. The molecule has 0 bridgehead atoms. The number of amides is 1. The lowest BCUT2D eigenvalue weighted by atomic mass is 9.94. The normalized spacial score (nSPS) is 13.5. The molecule has 0 spiro atoms. The number of ether oxygens (including phenoxy) is 2. The van der Waals surface area contributed by atoms with Crippen LogP contribution in [0.4, 0.5) is 4.79 Å². The summed E-state index contributed by atoms with van der Waals surface area (Å²) in [6.45, 7) is 10.7. The molecule has 0 aromatic heterocycles. The number of hydrogen-bond donors (Lipinski definition) is 1. The maximum Gasteiger partial charge on any atom is 0.408 e. The van der Waals surface area contributed by atoms with Gasteiger partial charge in [-0.1, -0.05) is 18.9 Å². The Bertz CT molecular complexity index is 414. The lowest BCUT2D eigenvalue weighted by Crippen LogP contribution is -2.49. The molecule has 0 unspecified atom stereocenters. The van der Waals surface area contributed by atoms with E-state index < -0.39 is 29.6 Å². The summed E-state index contributed by atoms with van der Waals surface area (Å²) < 4.78 is 10.1. The smallest absolute Gasteiger partial charge is 0.408 e. The largest absolute Gasteiger partial charge is 0.464 e. The van der Waals surface area contributed by atoms with E-state index in [2.05, 4.69) is 11.9 Å². The molecule has 2 atom stereocenters. The van der Waals surface area contributed by atoms with E-state index in [1.165, 1.54) is 0 Å². The lowest BCUT2D eigenvalue weighted by Gasteiger charge is -2.25. The SMILES string of the molecule is C=CCCCCC[C@@H](C=O)[C@H](NC(=O)OC(C)(C)C)C(=O)OCC.